The summed E-state index contributed by atoms with van der Waals surface area (Å²) in [7, 11) is 1.83. The van der Waals surface area contributed by atoms with Crippen LogP contribution < -0.4 is 5.73 Å². The Balaban J connectivity index is 1.51. The fourth-order valence-electron chi connectivity index (χ4n) is 3.67. The second-order valence-corrected chi connectivity index (χ2v) is 7.34. The van der Waals surface area contributed by atoms with Gasteiger partial charge in [0.05, 0.1) is 11.2 Å². The quantitative estimate of drug-likeness (QED) is 0.832. The molecule has 1 heterocycles. The number of hydrogen-bond donors (Lipinski definition) is 2. The van der Waals surface area contributed by atoms with Gasteiger partial charge in [-0.15, -0.1) is 0 Å². The minimum Gasteiger partial charge on any atom is -0.344 e. The lowest BCUT2D eigenvalue weighted by atomic mass is 9.81. The highest BCUT2D eigenvalue weighted by Gasteiger charge is 2.36. The summed E-state index contributed by atoms with van der Waals surface area (Å²) in [5.74, 6) is -0.215. The molecule has 2 aromatic rings. The third kappa shape index (κ3) is 4.30. The van der Waals surface area contributed by atoms with E-state index in [1.807, 2.05) is 19.2 Å². The van der Waals surface area contributed by atoms with Gasteiger partial charge in [-0.2, -0.15) is 5.10 Å². The van der Waals surface area contributed by atoms with Gasteiger partial charge in [0.25, 0.3) is 0 Å². The van der Waals surface area contributed by atoms with Gasteiger partial charge in [-0.25, -0.2) is 4.39 Å². The first kappa shape index (κ1) is 18.6. The largest absolute Gasteiger partial charge is 0.344 e. The highest BCUT2D eigenvalue weighted by atomic mass is 19.1. The van der Waals surface area contributed by atoms with Gasteiger partial charge in [0.15, 0.2) is 0 Å². The molecule has 0 atom stereocenters. The highest BCUT2D eigenvalue weighted by Crippen LogP contribution is 2.27. The van der Waals surface area contributed by atoms with Crippen molar-refractivity contribution in [2.24, 2.45) is 5.73 Å². The number of aromatic nitrogens is 2. The van der Waals surface area contributed by atoms with Gasteiger partial charge in [-0.05, 0) is 43.9 Å². The van der Waals surface area contributed by atoms with E-state index in [-0.39, 0.29) is 11.7 Å². The molecule has 0 spiro atoms. The number of benzene rings is 1. The van der Waals surface area contributed by atoms with Crippen molar-refractivity contribution < 1.29 is 9.18 Å². The number of aryl methyl sites for hydroxylation is 1. The van der Waals surface area contributed by atoms with Gasteiger partial charge in [0.1, 0.15) is 5.82 Å². The Labute approximate surface area is 153 Å². The van der Waals surface area contributed by atoms with Crippen LogP contribution in [0.5, 0.6) is 0 Å². The van der Waals surface area contributed by atoms with Gasteiger partial charge in [0.2, 0.25) is 5.91 Å². The van der Waals surface area contributed by atoms with Gasteiger partial charge in [-0.3, -0.25) is 9.89 Å². The predicted molar refractivity (Wildman–Crippen MR) is 99.9 cm³/mol. The van der Waals surface area contributed by atoms with Crippen molar-refractivity contribution >= 4 is 5.91 Å². The van der Waals surface area contributed by atoms with Gasteiger partial charge >= 0.3 is 0 Å². The van der Waals surface area contributed by atoms with Crippen molar-refractivity contribution in [1.29, 1.82) is 0 Å². The summed E-state index contributed by atoms with van der Waals surface area (Å²) >= 11 is 0. The van der Waals surface area contributed by atoms with Crippen molar-refractivity contribution in [3.63, 3.8) is 0 Å². The first-order valence-electron chi connectivity index (χ1n) is 9.33. The fourth-order valence-corrected chi connectivity index (χ4v) is 3.67. The summed E-state index contributed by atoms with van der Waals surface area (Å²) in [6.07, 6.45) is 6.41. The molecule has 0 radical (unpaired) electrons. The zero-order chi connectivity index (χ0) is 18.6. The van der Waals surface area contributed by atoms with E-state index in [2.05, 4.69) is 10.2 Å². The van der Waals surface area contributed by atoms with Gasteiger partial charge in [-0.1, -0.05) is 31.4 Å². The van der Waals surface area contributed by atoms with E-state index >= 15 is 0 Å². The Hall–Kier alpha value is -2.21. The fraction of sp³-hybridized carbons (Fsp3) is 0.500. The number of rotatable bonds is 6. The molecule has 0 saturated heterocycles. The number of carbonyl (C=O) groups excluding carboxylic acids is 1. The first-order chi connectivity index (χ1) is 12.5. The van der Waals surface area contributed by atoms with Crippen molar-refractivity contribution in [3.05, 3.63) is 41.8 Å². The number of amides is 1. The third-order valence-electron chi connectivity index (χ3n) is 5.21. The molecular weight excluding hydrogens is 331 g/mol. The van der Waals surface area contributed by atoms with Gasteiger partial charge < -0.3 is 10.6 Å². The Morgan fingerprint density at radius 3 is 2.81 bits per heavy atom. The molecule has 1 saturated carbocycles. The molecule has 140 valence electrons. The minimum absolute atomic E-state index is 0.0576. The van der Waals surface area contributed by atoms with Crippen LogP contribution in [0.1, 0.15) is 44.2 Å². The van der Waals surface area contributed by atoms with E-state index in [1.165, 1.54) is 18.6 Å². The topological polar surface area (TPSA) is 75.0 Å². The third-order valence-corrected chi connectivity index (χ3v) is 5.21. The van der Waals surface area contributed by atoms with E-state index in [9.17, 15) is 9.18 Å². The maximum atomic E-state index is 13.3. The molecule has 1 aliphatic rings. The molecule has 1 amide bonds. The van der Waals surface area contributed by atoms with Crippen LogP contribution in [-0.4, -0.2) is 40.1 Å². The smallest absolute Gasteiger partial charge is 0.242 e. The SMILES string of the molecule is CN(CCCc1cc(-c2cccc(F)c2)n[nH]1)C(=O)C1(N)CCCCC1. The molecule has 1 aliphatic carbocycles. The number of likely N-dealkylation sites (N-methyl/N-ethyl adjacent to an activating group) is 1. The highest BCUT2D eigenvalue weighted by molar-refractivity contribution is 5.86. The van der Waals surface area contributed by atoms with Crippen LogP contribution in [0.4, 0.5) is 4.39 Å². The number of carbonyl (C=O) groups is 1. The lowest BCUT2D eigenvalue weighted by molar-refractivity contribution is -0.136. The van der Waals surface area contributed by atoms with Crippen molar-refractivity contribution in [3.8, 4) is 11.3 Å². The Morgan fingerprint density at radius 2 is 2.08 bits per heavy atom. The van der Waals surface area contributed by atoms with E-state index in [0.717, 1.165) is 55.5 Å². The maximum absolute atomic E-state index is 13.3. The van der Waals surface area contributed by atoms with Crippen LogP contribution in [0.3, 0.4) is 0 Å². The Morgan fingerprint density at radius 1 is 1.31 bits per heavy atom. The second kappa shape index (κ2) is 7.99. The van der Waals surface area contributed by atoms with Crippen LogP contribution >= 0.6 is 0 Å². The number of aromatic amines is 1. The average Bonchev–Trinajstić information content (AvgIpc) is 3.10. The average molecular weight is 358 g/mol. The molecule has 3 rings (SSSR count). The number of hydrogen-bond acceptors (Lipinski definition) is 3. The molecule has 3 N–H and O–H groups in total. The predicted octanol–water partition coefficient (Wildman–Crippen LogP) is 3.27. The molecule has 0 aliphatic heterocycles. The first-order valence-corrected chi connectivity index (χ1v) is 9.33. The molecule has 0 unspecified atom stereocenters. The standard InChI is InChI=1S/C20H27FN4O/c1-25(19(26)20(22)10-3-2-4-11-20)12-6-9-17-14-18(24-23-17)15-7-5-8-16(21)13-15/h5,7-8,13-14H,2-4,6,9-12,22H2,1H3,(H,23,24). The molecular formula is C20H27FN4O. The van der Waals surface area contributed by atoms with Crippen LogP contribution in [-0.2, 0) is 11.2 Å². The maximum Gasteiger partial charge on any atom is 0.242 e. The summed E-state index contributed by atoms with van der Waals surface area (Å²) < 4.78 is 13.3. The molecule has 1 aromatic heterocycles. The van der Waals surface area contributed by atoms with Crippen LogP contribution in [0.15, 0.2) is 30.3 Å². The monoisotopic (exact) mass is 358 g/mol. The second-order valence-electron chi connectivity index (χ2n) is 7.34. The van der Waals surface area contributed by atoms with Crippen molar-refractivity contribution in [1.82, 2.24) is 15.1 Å². The number of halogens is 1. The molecule has 6 heteroatoms. The van der Waals surface area contributed by atoms with Crippen LogP contribution in [0.2, 0.25) is 0 Å². The van der Waals surface area contributed by atoms with E-state index < -0.39 is 5.54 Å². The van der Waals surface area contributed by atoms with Crippen LogP contribution in [0, 0.1) is 5.82 Å². The molecule has 26 heavy (non-hydrogen) atoms. The van der Waals surface area contributed by atoms with E-state index in [1.54, 1.807) is 11.0 Å². The lowest BCUT2D eigenvalue weighted by Gasteiger charge is -2.35. The zero-order valence-electron chi connectivity index (χ0n) is 15.3. The number of nitrogens with zero attached hydrogens (tertiary/aromatic N) is 2. The minimum atomic E-state index is -0.675. The molecule has 5 nitrogen and oxygen atoms in total. The normalized spacial score (nSPS) is 16.4. The summed E-state index contributed by atoms with van der Waals surface area (Å²) in [4.78, 5) is 14.4. The molecule has 1 fully saturated rings. The van der Waals surface area contributed by atoms with E-state index in [0.29, 0.717) is 6.54 Å². The Kier molecular flexibility index (Phi) is 5.71. The van der Waals surface area contributed by atoms with Gasteiger partial charge in [0, 0.05) is 24.8 Å². The van der Waals surface area contributed by atoms with Crippen LogP contribution in [0.25, 0.3) is 11.3 Å². The number of nitrogens with one attached hydrogen (secondary N) is 1. The zero-order valence-corrected chi connectivity index (χ0v) is 15.3. The Bertz CT molecular complexity index is 752. The summed E-state index contributed by atoms with van der Waals surface area (Å²) in [5.41, 5.74) is 8.11. The summed E-state index contributed by atoms with van der Waals surface area (Å²) in [5, 5.41) is 7.25. The molecule has 0 bridgehead atoms. The number of nitrogens with two attached hydrogens (primary N) is 1. The summed E-state index contributed by atoms with van der Waals surface area (Å²) in [6.45, 7) is 0.659. The number of H-pyrrole nitrogens is 1. The van der Waals surface area contributed by atoms with Crippen molar-refractivity contribution in [2.45, 2.75) is 50.5 Å². The lowest BCUT2D eigenvalue weighted by Crippen LogP contribution is -2.55. The molecule has 1 aromatic carbocycles. The van der Waals surface area contributed by atoms with Crippen molar-refractivity contribution in [2.75, 3.05) is 13.6 Å². The summed E-state index contributed by atoms with van der Waals surface area (Å²) in [6, 6.07) is 8.33. The van der Waals surface area contributed by atoms with E-state index in [4.69, 9.17) is 5.73 Å².